The van der Waals surface area contributed by atoms with Crippen molar-refractivity contribution in [2.45, 2.75) is 70.3 Å². The van der Waals surface area contributed by atoms with Crippen molar-refractivity contribution in [2.24, 2.45) is 0 Å². The van der Waals surface area contributed by atoms with E-state index in [4.69, 9.17) is 9.84 Å². The van der Waals surface area contributed by atoms with Gasteiger partial charge in [0.25, 0.3) is 0 Å². The van der Waals surface area contributed by atoms with Crippen LogP contribution in [0.3, 0.4) is 0 Å². The van der Waals surface area contributed by atoms with E-state index in [1.165, 1.54) is 38.5 Å². The standard InChI is InChI=1S/C13H24O3/c1-2-3-4-5-6-7-8-9-10-13(11-14)12(15)16-13/h14H,2-11H2,1H3/t13-/m1/s1. The summed E-state index contributed by atoms with van der Waals surface area (Å²) < 4.78 is 4.82. The molecule has 0 aromatic heterocycles. The number of hydrogen-bond acceptors (Lipinski definition) is 3. The SMILES string of the molecule is CCCCCCCCCC[C@]1(CO)OC1=O. The zero-order valence-electron chi connectivity index (χ0n) is 10.3. The fourth-order valence-electron chi connectivity index (χ4n) is 2.03. The van der Waals surface area contributed by atoms with Gasteiger partial charge in [-0.15, -0.1) is 0 Å². The van der Waals surface area contributed by atoms with Crippen molar-refractivity contribution in [1.29, 1.82) is 0 Å². The monoisotopic (exact) mass is 228 g/mol. The Morgan fingerprint density at radius 3 is 2.00 bits per heavy atom. The molecule has 1 N–H and O–H groups in total. The second kappa shape index (κ2) is 6.89. The maximum Gasteiger partial charge on any atom is 0.354 e. The molecule has 1 saturated heterocycles. The third kappa shape index (κ3) is 4.12. The smallest absolute Gasteiger partial charge is 0.354 e. The van der Waals surface area contributed by atoms with Crippen LogP contribution in [-0.4, -0.2) is 23.3 Å². The molecular formula is C13H24O3. The van der Waals surface area contributed by atoms with Gasteiger partial charge in [-0.1, -0.05) is 51.9 Å². The fraction of sp³-hybridized carbons (Fsp3) is 0.923. The van der Waals surface area contributed by atoms with Crippen molar-refractivity contribution in [2.75, 3.05) is 6.61 Å². The molecule has 94 valence electrons. The average Bonchev–Trinajstić information content (AvgIpc) is 2.94. The first kappa shape index (κ1) is 13.5. The predicted molar refractivity (Wildman–Crippen MR) is 63.1 cm³/mol. The summed E-state index contributed by atoms with van der Waals surface area (Å²) in [4.78, 5) is 10.9. The molecule has 0 aromatic rings. The lowest BCUT2D eigenvalue weighted by atomic mass is 10.0. The van der Waals surface area contributed by atoms with E-state index < -0.39 is 5.60 Å². The van der Waals surface area contributed by atoms with Gasteiger partial charge in [-0.2, -0.15) is 0 Å². The molecule has 0 unspecified atom stereocenters. The topological polar surface area (TPSA) is 49.8 Å². The molecule has 1 fully saturated rings. The summed E-state index contributed by atoms with van der Waals surface area (Å²) in [5.41, 5.74) is -0.789. The Morgan fingerprint density at radius 1 is 1.06 bits per heavy atom. The van der Waals surface area contributed by atoms with Gasteiger partial charge in [-0.25, -0.2) is 4.79 Å². The second-order valence-electron chi connectivity index (χ2n) is 4.77. The van der Waals surface area contributed by atoms with Gasteiger partial charge < -0.3 is 9.84 Å². The lowest BCUT2D eigenvalue weighted by Crippen LogP contribution is -2.18. The summed E-state index contributed by atoms with van der Waals surface area (Å²) in [6.07, 6.45) is 10.7. The van der Waals surface area contributed by atoms with Crippen LogP contribution in [0, 0.1) is 0 Å². The number of cyclic esters (lactones) is 1. The fourth-order valence-corrected chi connectivity index (χ4v) is 2.03. The number of carbonyl (C=O) groups is 1. The van der Waals surface area contributed by atoms with E-state index >= 15 is 0 Å². The number of carbonyl (C=O) groups excluding carboxylic acids is 1. The van der Waals surface area contributed by atoms with E-state index in [1.807, 2.05) is 0 Å². The molecule has 1 atom stereocenters. The third-order valence-corrected chi connectivity index (χ3v) is 3.31. The molecule has 1 aliphatic rings. The van der Waals surface area contributed by atoms with Crippen LogP contribution in [0.4, 0.5) is 0 Å². The van der Waals surface area contributed by atoms with Crippen LogP contribution in [0.15, 0.2) is 0 Å². The Bertz CT molecular complexity index is 215. The van der Waals surface area contributed by atoms with E-state index in [0.29, 0.717) is 6.42 Å². The first-order chi connectivity index (χ1) is 7.75. The van der Waals surface area contributed by atoms with Crippen molar-refractivity contribution in [3.8, 4) is 0 Å². The van der Waals surface area contributed by atoms with Crippen LogP contribution in [0.25, 0.3) is 0 Å². The molecular weight excluding hydrogens is 204 g/mol. The highest BCUT2D eigenvalue weighted by molar-refractivity contribution is 5.92. The molecule has 0 saturated carbocycles. The van der Waals surface area contributed by atoms with E-state index in [2.05, 4.69) is 6.92 Å². The summed E-state index contributed by atoms with van der Waals surface area (Å²) >= 11 is 0. The first-order valence-corrected chi connectivity index (χ1v) is 6.59. The highest BCUT2D eigenvalue weighted by Crippen LogP contribution is 2.34. The molecule has 0 amide bonds. The van der Waals surface area contributed by atoms with Crippen molar-refractivity contribution in [1.82, 2.24) is 0 Å². The van der Waals surface area contributed by atoms with Gasteiger partial charge >= 0.3 is 5.97 Å². The third-order valence-electron chi connectivity index (χ3n) is 3.31. The van der Waals surface area contributed by atoms with Gasteiger partial charge in [0.2, 0.25) is 5.60 Å². The second-order valence-corrected chi connectivity index (χ2v) is 4.77. The lowest BCUT2D eigenvalue weighted by Gasteiger charge is -2.04. The van der Waals surface area contributed by atoms with Crippen molar-refractivity contribution in [3.05, 3.63) is 0 Å². The summed E-state index contributed by atoms with van der Waals surface area (Å²) in [5.74, 6) is -0.224. The Hall–Kier alpha value is -0.570. The molecule has 0 aromatic carbocycles. The van der Waals surface area contributed by atoms with Gasteiger partial charge in [-0.05, 0) is 6.42 Å². The van der Waals surface area contributed by atoms with Gasteiger partial charge in [-0.3, -0.25) is 0 Å². The summed E-state index contributed by atoms with van der Waals surface area (Å²) in [5, 5.41) is 8.98. The summed E-state index contributed by atoms with van der Waals surface area (Å²) in [6, 6.07) is 0. The Labute approximate surface area is 98.2 Å². The summed E-state index contributed by atoms with van der Waals surface area (Å²) in [6.45, 7) is 2.07. The van der Waals surface area contributed by atoms with E-state index in [9.17, 15) is 4.79 Å². The van der Waals surface area contributed by atoms with E-state index in [0.717, 1.165) is 12.8 Å². The largest absolute Gasteiger partial charge is 0.441 e. The van der Waals surface area contributed by atoms with Crippen molar-refractivity contribution in [3.63, 3.8) is 0 Å². The number of ether oxygens (including phenoxy) is 1. The Morgan fingerprint density at radius 2 is 1.56 bits per heavy atom. The molecule has 0 spiro atoms. The molecule has 0 bridgehead atoms. The minimum absolute atomic E-state index is 0.150. The summed E-state index contributed by atoms with van der Waals surface area (Å²) in [7, 11) is 0. The van der Waals surface area contributed by atoms with Crippen LogP contribution in [0.2, 0.25) is 0 Å². The number of hydrogen-bond donors (Lipinski definition) is 1. The maximum absolute atomic E-state index is 10.9. The number of rotatable bonds is 10. The Balaban J connectivity index is 1.87. The molecule has 1 aliphatic heterocycles. The molecule has 3 nitrogen and oxygen atoms in total. The predicted octanol–water partition coefficient (Wildman–Crippen LogP) is 2.81. The minimum atomic E-state index is -0.789. The molecule has 0 aliphatic carbocycles. The number of epoxide rings is 1. The molecule has 16 heavy (non-hydrogen) atoms. The quantitative estimate of drug-likeness (QED) is 0.462. The van der Waals surface area contributed by atoms with Gasteiger partial charge in [0, 0.05) is 6.42 Å². The van der Waals surface area contributed by atoms with Crippen molar-refractivity contribution < 1.29 is 14.6 Å². The number of unbranched alkanes of at least 4 members (excludes halogenated alkanes) is 7. The lowest BCUT2D eigenvalue weighted by molar-refractivity contribution is -0.117. The van der Waals surface area contributed by atoms with Crippen LogP contribution < -0.4 is 0 Å². The van der Waals surface area contributed by atoms with Crippen molar-refractivity contribution >= 4 is 5.97 Å². The number of aliphatic hydroxyl groups is 1. The zero-order valence-corrected chi connectivity index (χ0v) is 10.3. The highest BCUT2D eigenvalue weighted by atomic mass is 16.7. The van der Waals surface area contributed by atoms with Gasteiger partial charge in [0.15, 0.2) is 0 Å². The van der Waals surface area contributed by atoms with Crippen LogP contribution >= 0.6 is 0 Å². The number of aliphatic hydroxyl groups excluding tert-OH is 1. The van der Waals surface area contributed by atoms with E-state index in [1.54, 1.807) is 0 Å². The van der Waals surface area contributed by atoms with E-state index in [-0.39, 0.29) is 12.6 Å². The van der Waals surface area contributed by atoms with Crippen LogP contribution in [0.1, 0.15) is 64.7 Å². The minimum Gasteiger partial charge on any atom is -0.441 e. The van der Waals surface area contributed by atoms with Gasteiger partial charge in [0.05, 0.1) is 6.61 Å². The molecule has 1 heterocycles. The van der Waals surface area contributed by atoms with Crippen LogP contribution in [0.5, 0.6) is 0 Å². The first-order valence-electron chi connectivity index (χ1n) is 6.59. The van der Waals surface area contributed by atoms with Gasteiger partial charge in [0.1, 0.15) is 0 Å². The maximum atomic E-state index is 10.9. The molecule has 0 radical (unpaired) electrons. The molecule has 1 rings (SSSR count). The average molecular weight is 228 g/mol. The zero-order chi connectivity index (χ0) is 11.9. The van der Waals surface area contributed by atoms with Crippen LogP contribution in [-0.2, 0) is 9.53 Å². The molecule has 3 heteroatoms. The normalized spacial score (nSPS) is 23.2. The Kier molecular flexibility index (Phi) is 5.81. The highest BCUT2D eigenvalue weighted by Gasteiger charge is 2.56.